The molecule has 1 saturated heterocycles. The van der Waals surface area contributed by atoms with E-state index in [4.69, 9.17) is 4.42 Å². The van der Waals surface area contributed by atoms with Crippen LogP contribution in [0.25, 0.3) is 0 Å². The van der Waals surface area contributed by atoms with Gasteiger partial charge in [0.1, 0.15) is 11.5 Å². The minimum atomic E-state index is -0.00774. The Morgan fingerprint density at radius 1 is 1.45 bits per heavy atom. The number of hydrogen-bond donors (Lipinski definition) is 1. The smallest absolute Gasteiger partial charge is 0.239 e. The Balaban J connectivity index is 1.56. The minimum absolute atomic E-state index is 0.00774. The average Bonchev–Trinajstić information content (AvgIpc) is 3.01. The fraction of sp³-hybridized carbons (Fsp3) is 0.688. The van der Waals surface area contributed by atoms with Crippen molar-refractivity contribution in [3.63, 3.8) is 0 Å². The van der Waals surface area contributed by atoms with Crippen LogP contribution in [0.15, 0.2) is 16.5 Å². The lowest BCUT2D eigenvalue weighted by atomic mass is 10.0. The molecule has 0 aromatic carbocycles. The van der Waals surface area contributed by atoms with Crippen LogP contribution < -0.4 is 5.32 Å². The van der Waals surface area contributed by atoms with Crippen molar-refractivity contribution in [3.8, 4) is 0 Å². The van der Waals surface area contributed by atoms with Gasteiger partial charge in [0.25, 0.3) is 0 Å². The molecule has 1 saturated carbocycles. The zero-order chi connectivity index (χ0) is 14.1. The van der Waals surface area contributed by atoms with Crippen LogP contribution >= 0.6 is 0 Å². The summed E-state index contributed by atoms with van der Waals surface area (Å²) in [4.78, 5) is 14.1. The predicted octanol–water partition coefficient (Wildman–Crippen LogP) is 2.50. The van der Waals surface area contributed by atoms with Gasteiger partial charge in [0.15, 0.2) is 0 Å². The van der Waals surface area contributed by atoms with Crippen molar-refractivity contribution in [2.45, 2.75) is 51.1 Å². The molecule has 1 aliphatic carbocycles. The van der Waals surface area contributed by atoms with Crippen LogP contribution in [0.4, 0.5) is 0 Å². The predicted molar refractivity (Wildman–Crippen MR) is 77.3 cm³/mol. The molecule has 4 heteroatoms. The molecular weight excluding hydrogens is 252 g/mol. The Bertz CT molecular complexity index is 477. The summed E-state index contributed by atoms with van der Waals surface area (Å²) >= 11 is 0. The molecule has 2 aliphatic rings. The summed E-state index contributed by atoms with van der Waals surface area (Å²) in [6.07, 6.45) is 4.50. The molecule has 2 fully saturated rings. The second-order valence-corrected chi connectivity index (χ2v) is 6.32. The maximum Gasteiger partial charge on any atom is 0.239 e. The van der Waals surface area contributed by atoms with Crippen LogP contribution in [-0.4, -0.2) is 30.4 Å². The van der Waals surface area contributed by atoms with Crippen molar-refractivity contribution in [3.05, 3.63) is 23.7 Å². The third-order valence-corrected chi connectivity index (χ3v) is 4.54. The lowest BCUT2D eigenvalue weighted by Gasteiger charge is -2.27. The second kappa shape index (κ2) is 5.60. The Hall–Kier alpha value is -1.29. The van der Waals surface area contributed by atoms with E-state index in [0.717, 1.165) is 36.8 Å². The lowest BCUT2D eigenvalue weighted by Crippen LogP contribution is -2.46. The highest BCUT2D eigenvalue weighted by molar-refractivity contribution is 5.81. The van der Waals surface area contributed by atoms with E-state index in [1.165, 1.54) is 12.8 Å². The summed E-state index contributed by atoms with van der Waals surface area (Å²) in [5.41, 5.74) is 0. The zero-order valence-corrected chi connectivity index (χ0v) is 12.4. The van der Waals surface area contributed by atoms with E-state index < -0.39 is 0 Å². The molecule has 3 atom stereocenters. The second-order valence-electron chi connectivity index (χ2n) is 6.32. The number of carbonyl (C=O) groups is 1. The first kappa shape index (κ1) is 13.7. The van der Waals surface area contributed by atoms with Gasteiger partial charge in [-0.2, -0.15) is 0 Å². The molecule has 0 spiro atoms. The summed E-state index contributed by atoms with van der Waals surface area (Å²) < 4.78 is 5.87. The number of nitrogens with zero attached hydrogens (tertiary/aromatic N) is 1. The van der Waals surface area contributed by atoms with Gasteiger partial charge in [-0.3, -0.25) is 4.79 Å². The topological polar surface area (TPSA) is 45.5 Å². The van der Waals surface area contributed by atoms with Gasteiger partial charge < -0.3 is 14.6 Å². The van der Waals surface area contributed by atoms with Gasteiger partial charge in [-0.1, -0.05) is 13.3 Å². The van der Waals surface area contributed by atoms with Gasteiger partial charge >= 0.3 is 0 Å². The molecule has 2 heterocycles. The maximum absolute atomic E-state index is 12.3. The number of amides is 1. The summed E-state index contributed by atoms with van der Waals surface area (Å²) in [6, 6.07) is 4.07. The number of rotatable bonds is 4. The van der Waals surface area contributed by atoms with Crippen molar-refractivity contribution >= 4 is 5.91 Å². The van der Waals surface area contributed by atoms with E-state index in [-0.39, 0.29) is 11.9 Å². The molecule has 20 heavy (non-hydrogen) atoms. The number of nitrogens with one attached hydrogen (secondary N) is 1. The largest absolute Gasteiger partial charge is 0.464 e. The Morgan fingerprint density at radius 2 is 2.25 bits per heavy atom. The van der Waals surface area contributed by atoms with Gasteiger partial charge in [0.2, 0.25) is 5.91 Å². The van der Waals surface area contributed by atoms with Gasteiger partial charge in [0.05, 0.1) is 12.6 Å². The zero-order valence-electron chi connectivity index (χ0n) is 12.4. The van der Waals surface area contributed by atoms with Crippen molar-refractivity contribution in [2.75, 3.05) is 13.6 Å². The van der Waals surface area contributed by atoms with Crippen molar-refractivity contribution < 1.29 is 9.21 Å². The molecule has 1 aliphatic heterocycles. The van der Waals surface area contributed by atoms with Crippen LogP contribution in [0.5, 0.6) is 0 Å². The highest BCUT2D eigenvalue weighted by Gasteiger charge is 2.36. The Morgan fingerprint density at radius 3 is 2.90 bits per heavy atom. The van der Waals surface area contributed by atoms with Crippen LogP contribution in [-0.2, 0) is 11.3 Å². The van der Waals surface area contributed by atoms with Gasteiger partial charge in [0, 0.05) is 13.0 Å². The molecule has 1 aromatic rings. The molecule has 3 unspecified atom stereocenters. The summed E-state index contributed by atoms with van der Waals surface area (Å²) in [5, 5.41) is 3.30. The lowest BCUT2D eigenvalue weighted by molar-refractivity contribution is -0.133. The van der Waals surface area contributed by atoms with E-state index in [9.17, 15) is 4.79 Å². The number of piperidine rings is 1. The summed E-state index contributed by atoms with van der Waals surface area (Å²) in [6.45, 7) is 3.77. The average molecular weight is 276 g/mol. The van der Waals surface area contributed by atoms with Crippen molar-refractivity contribution in [2.24, 2.45) is 5.92 Å². The van der Waals surface area contributed by atoms with Crippen LogP contribution in [0.1, 0.15) is 50.0 Å². The number of hydrogen-bond acceptors (Lipinski definition) is 3. The number of furan rings is 1. The fourth-order valence-electron chi connectivity index (χ4n) is 3.04. The first-order valence-electron chi connectivity index (χ1n) is 7.72. The molecule has 3 rings (SSSR count). The Kier molecular flexibility index (Phi) is 3.83. The molecule has 1 amide bonds. The highest BCUT2D eigenvalue weighted by Crippen LogP contribution is 2.47. The van der Waals surface area contributed by atoms with E-state index in [1.807, 2.05) is 13.1 Å². The molecular formula is C16H24N2O2. The Labute approximate surface area is 120 Å². The number of likely N-dealkylation sites (N-methyl/N-ethyl adjacent to an activating group) is 1. The van der Waals surface area contributed by atoms with Gasteiger partial charge in [-0.05, 0) is 43.9 Å². The first-order valence-corrected chi connectivity index (χ1v) is 7.72. The highest BCUT2D eigenvalue weighted by atomic mass is 16.3. The quantitative estimate of drug-likeness (QED) is 0.919. The molecule has 0 radical (unpaired) electrons. The maximum atomic E-state index is 12.3. The third kappa shape index (κ3) is 2.90. The normalized spacial score (nSPS) is 29.2. The van der Waals surface area contributed by atoms with E-state index in [1.54, 1.807) is 4.90 Å². The van der Waals surface area contributed by atoms with Crippen molar-refractivity contribution in [1.82, 2.24) is 10.2 Å². The third-order valence-electron chi connectivity index (χ3n) is 4.54. The molecule has 4 nitrogen and oxygen atoms in total. The fourth-order valence-corrected chi connectivity index (χ4v) is 3.04. The molecule has 0 bridgehead atoms. The molecule has 1 N–H and O–H groups in total. The first-order chi connectivity index (χ1) is 9.65. The van der Waals surface area contributed by atoms with E-state index >= 15 is 0 Å². The van der Waals surface area contributed by atoms with Gasteiger partial charge in [-0.25, -0.2) is 0 Å². The number of carbonyl (C=O) groups excluding carboxylic acids is 1. The van der Waals surface area contributed by atoms with Crippen molar-refractivity contribution in [1.29, 1.82) is 0 Å². The summed E-state index contributed by atoms with van der Waals surface area (Å²) in [5.74, 6) is 3.52. The van der Waals surface area contributed by atoms with Crippen LogP contribution in [0.3, 0.4) is 0 Å². The molecule has 110 valence electrons. The van der Waals surface area contributed by atoms with E-state index in [2.05, 4.69) is 18.3 Å². The van der Waals surface area contributed by atoms with Crippen LogP contribution in [0, 0.1) is 5.92 Å². The summed E-state index contributed by atoms with van der Waals surface area (Å²) in [7, 11) is 1.86. The SMILES string of the molecule is CC1CC1c1ccc(CN(C)C(=O)C2CCCCN2)o1. The van der Waals surface area contributed by atoms with Crippen LogP contribution in [0.2, 0.25) is 0 Å². The minimum Gasteiger partial charge on any atom is -0.464 e. The van der Waals surface area contributed by atoms with E-state index in [0.29, 0.717) is 12.5 Å². The molecule has 1 aromatic heterocycles. The standard InChI is InChI=1S/C16H24N2O2/c1-11-9-13(11)15-7-6-12(20-15)10-18(2)16(19)14-5-3-4-8-17-14/h6-7,11,13-14,17H,3-5,8-10H2,1-2H3. The van der Waals surface area contributed by atoms with Gasteiger partial charge in [-0.15, -0.1) is 0 Å². The monoisotopic (exact) mass is 276 g/mol.